The van der Waals surface area contributed by atoms with E-state index in [-0.39, 0.29) is 23.9 Å². The molecule has 4 aromatic rings. The third kappa shape index (κ3) is 6.79. The first-order valence-corrected chi connectivity index (χ1v) is 14.3. The number of fused-ring (bicyclic) bond motifs is 3. The maximum atomic E-state index is 13.4. The molecule has 2 atom stereocenters. The Balaban J connectivity index is 1.19. The van der Waals surface area contributed by atoms with E-state index < -0.39 is 29.5 Å². The van der Waals surface area contributed by atoms with E-state index >= 15 is 0 Å². The molecular formula is C30H30F2N4O4S. The lowest BCUT2D eigenvalue weighted by Crippen LogP contribution is -2.42. The number of aromatic nitrogens is 2. The van der Waals surface area contributed by atoms with Crippen LogP contribution in [-0.4, -0.2) is 39.8 Å². The zero-order valence-corrected chi connectivity index (χ0v) is 23.5. The SMILES string of the molecule is CCOC(=O)CC1CCc2sc3nc(-c4ccc(NC(=O)[C@@H](C)NC(=O)Cc5cc(F)cc(F)c5)cc4)cn3c2C1. The number of carbonyl (C=O) groups is 3. The smallest absolute Gasteiger partial charge is 0.306 e. The lowest BCUT2D eigenvalue weighted by molar-refractivity contribution is -0.144. The van der Waals surface area contributed by atoms with E-state index in [2.05, 4.69) is 15.0 Å². The lowest BCUT2D eigenvalue weighted by atomic mass is 9.88. The Bertz CT molecular complexity index is 1580. The number of esters is 1. The van der Waals surface area contributed by atoms with Crippen LogP contribution in [0.1, 0.15) is 42.8 Å². The van der Waals surface area contributed by atoms with Crippen molar-refractivity contribution in [3.63, 3.8) is 0 Å². The monoisotopic (exact) mass is 580 g/mol. The molecule has 0 bridgehead atoms. The van der Waals surface area contributed by atoms with Gasteiger partial charge in [0.1, 0.15) is 17.7 Å². The van der Waals surface area contributed by atoms with Crippen LogP contribution in [-0.2, 0) is 38.4 Å². The molecule has 1 unspecified atom stereocenters. The van der Waals surface area contributed by atoms with Gasteiger partial charge < -0.3 is 15.4 Å². The molecule has 0 aliphatic heterocycles. The van der Waals surface area contributed by atoms with Crippen LogP contribution in [0.25, 0.3) is 16.2 Å². The summed E-state index contributed by atoms with van der Waals surface area (Å²) in [5, 5.41) is 5.31. The van der Waals surface area contributed by atoms with Crippen LogP contribution in [0, 0.1) is 17.6 Å². The van der Waals surface area contributed by atoms with Crippen molar-refractivity contribution in [3.8, 4) is 11.3 Å². The van der Waals surface area contributed by atoms with Gasteiger partial charge in [0.2, 0.25) is 11.8 Å². The van der Waals surface area contributed by atoms with Crippen molar-refractivity contribution in [3.05, 3.63) is 76.4 Å². The van der Waals surface area contributed by atoms with Gasteiger partial charge in [-0.25, -0.2) is 13.8 Å². The fourth-order valence-corrected chi connectivity index (χ4v) is 6.20. The molecule has 0 spiro atoms. The van der Waals surface area contributed by atoms with E-state index in [0.29, 0.717) is 18.7 Å². The Hall–Kier alpha value is -4.12. The van der Waals surface area contributed by atoms with E-state index in [4.69, 9.17) is 9.72 Å². The van der Waals surface area contributed by atoms with Crippen molar-refractivity contribution >= 4 is 39.8 Å². The number of benzene rings is 2. The second-order valence-electron chi connectivity index (χ2n) is 10.2. The van der Waals surface area contributed by atoms with Crippen molar-refractivity contribution in [1.29, 1.82) is 0 Å². The summed E-state index contributed by atoms with van der Waals surface area (Å²) in [7, 11) is 0. The fourth-order valence-electron chi connectivity index (χ4n) is 5.05. The molecule has 0 saturated carbocycles. The minimum Gasteiger partial charge on any atom is -0.466 e. The third-order valence-electron chi connectivity index (χ3n) is 7.03. The normalized spacial score (nSPS) is 15.3. The average molecular weight is 581 g/mol. The Morgan fingerprint density at radius 1 is 1.15 bits per heavy atom. The number of thiazole rings is 1. The molecule has 2 heterocycles. The van der Waals surface area contributed by atoms with Gasteiger partial charge in [-0.15, -0.1) is 11.3 Å². The van der Waals surface area contributed by atoms with Gasteiger partial charge in [-0.1, -0.05) is 12.1 Å². The summed E-state index contributed by atoms with van der Waals surface area (Å²) in [6.07, 6.45) is 4.88. The van der Waals surface area contributed by atoms with Gasteiger partial charge in [-0.2, -0.15) is 0 Å². The van der Waals surface area contributed by atoms with Crippen molar-refractivity contribution in [1.82, 2.24) is 14.7 Å². The van der Waals surface area contributed by atoms with Crippen LogP contribution in [0.3, 0.4) is 0 Å². The quantitative estimate of drug-likeness (QED) is 0.269. The number of halogens is 2. The number of hydrogen-bond donors (Lipinski definition) is 2. The van der Waals surface area contributed by atoms with Crippen molar-refractivity contribution in [2.24, 2.45) is 5.92 Å². The molecule has 2 N–H and O–H groups in total. The predicted octanol–water partition coefficient (Wildman–Crippen LogP) is 5.09. The van der Waals surface area contributed by atoms with Gasteiger partial charge in [-0.3, -0.25) is 18.8 Å². The average Bonchev–Trinajstić information content (AvgIpc) is 3.47. The first-order valence-electron chi connectivity index (χ1n) is 13.5. The number of ether oxygens (including phenoxy) is 1. The maximum absolute atomic E-state index is 13.4. The highest BCUT2D eigenvalue weighted by Crippen LogP contribution is 2.35. The van der Waals surface area contributed by atoms with Gasteiger partial charge in [0.15, 0.2) is 4.96 Å². The minimum absolute atomic E-state index is 0.150. The second-order valence-corrected chi connectivity index (χ2v) is 11.2. The number of nitrogens with one attached hydrogen (secondary N) is 2. The van der Waals surface area contributed by atoms with Crippen molar-refractivity contribution < 1.29 is 27.9 Å². The number of amides is 2. The number of rotatable bonds is 9. The summed E-state index contributed by atoms with van der Waals surface area (Å²) in [5.74, 6) is -2.38. The molecule has 2 aromatic heterocycles. The summed E-state index contributed by atoms with van der Waals surface area (Å²) in [5.41, 5.74) is 3.62. The molecule has 5 rings (SSSR count). The second kappa shape index (κ2) is 12.2. The van der Waals surface area contributed by atoms with E-state index in [1.165, 1.54) is 17.5 Å². The Kier molecular flexibility index (Phi) is 8.44. The highest BCUT2D eigenvalue weighted by Gasteiger charge is 2.26. The minimum atomic E-state index is -0.862. The number of nitrogens with zero attached hydrogens (tertiary/aromatic N) is 2. The summed E-state index contributed by atoms with van der Waals surface area (Å²) in [4.78, 5) is 43.9. The van der Waals surface area contributed by atoms with E-state index in [9.17, 15) is 23.2 Å². The molecule has 0 radical (unpaired) electrons. The van der Waals surface area contributed by atoms with Crippen molar-refractivity contribution in [2.45, 2.75) is 52.0 Å². The van der Waals surface area contributed by atoms with E-state index in [1.54, 1.807) is 23.5 Å². The Morgan fingerprint density at radius 3 is 2.59 bits per heavy atom. The molecular weight excluding hydrogens is 550 g/mol. The molecule has 214 valence electrons. The van der Waals surface area contributed by atoms with Crippen LogP contribution in [0.5, 0.6) is 0 Å². The van der Waals surface area contributed by atoms with E-state index in [0.717, 1.165) is 53.7 Å². The third-order valence-corrected chi connectivity index (χ3v) is 8.19. The highest BCUT2D eigenvalue weighted by atomic mass is 32.1. The maximum Gasteiger partial charge on any atom is 0.306 e. The molecule has 1 aliphatic carbocycles. The molecule has 11 heteroatoms. The number of imidazole rings is 1. The Morgan fingerprint density at radius 2 is 1.88 bits per heavy atom. The first-order chi connectivity index (χ1) is 19.7. The largest absolute Gasteiger partial charge is 0.466 e. The van der Waals surface area contributed by atoms with E-state index in [1.807, 2.05) is 25.3 Å². The number of aryl methyl sites for hydroxylation is 1. The molecule has 41 heavy (non-hydrogen) atoms. The van der Waals surface area contributed by atoms with Crippen LogP contribution in [0.4, 0.5) is 14.5 Å². The summed E-state index contributed by atoms with van der Waals surface area (Å²) in [6, 6.07) is 9.27. The van der Waals surface area contributed by atoms with Gasteiger partial charge in [0, 0.05) is 40.5 Å². The molecule has 2 aromatic carbocycles. The topological polar surface area (TPSA) is 102 Å². The molecule has 2 amide bonds. The standard InChI is InChI=1S/C30H30F2N4O4S/c1-3-40-28(38)14-18-4-9-26-25(12-18)36-16-24(35-30(36)41-26)20-5-7-23(8-6-20)34-29(39)17(2)33-27(37)13-19-10-21(31)15-22(32)11-19/h5-8,10-11,15-18H,3-4,9,12-14H2,1-2H3,(H,33,37)(H,34,39)/t17-,18?/m1/s1. The number of anilines is 1. The highest BCUT2D eigenvalue weighted by molar-refractivity contribution is 7.17. The van der Waals surface area contributed by atoms with Crippen LogP contribution >= 0.6 is 11.3 Å². The zero-order valence-electron chi connectivity index (χ0n) is 22.7. The molecule has 8 nitrogen and oxygen atoms in total. The fraction of sp³-hybridized carbons (Fsp3) is 0.333. The van der Waals surface area contributed by atoms with Crippen LogP contribution in [0.15, 0.2) is 48.7 Å². The summed E-state index contributed by atoms with van der Waals surface area (Å²) < 4.78 is 34.0. The zero-order chi connectivity index (χ0) is 29.1. The number of carbonyl (C=O) groups excluding carboxylic acids is 3. The molecule has 1 aliphatic rings. The number of hydrogen-bond acceptors (Lipinski definition) is 6. The Labute approximate surface area is 239 Å². The van der Waals surface area contributed by atoms with Gasteiger partial charge in [0.05, 0.1) is 18.7 Å². The predicted molar refractivity (Wildman–Crippen MR) is 152 cm³/mol. The van der Waals surface area contributed by atoms with Crippen molar-refractivity contribution in [2.75, 3.05) is 11.9 Å². The van der Waals surface area contributed by atoms with Gasteiger partial charge >= 0.3 is 5.97 Å². The first kappa shape index (κ1) is 28.4. The molecule has 0 saturated heterocycles. The summed E-state index contributed by atoms with van der Waals surface area (Å²) >= 11 is 1.67. The van der Waals surface area contributed by atoms with Crippen LogP contribution in [0.2, 0.25) is 0 Å². The lowest BCUT2D eigenvalue weighted by Gasteiger charge is -2.21. The summed E-state index contributed by atoms with van der Waals surface area (Å²) in [6.45, 7) is 3.74. The van der Waals surface area contributed by atoms with Gasteiger partial charge in [-0.05, 0) is 68.9 Å². The molecule has 0 fully saturated rings. The van der Waals surface area contributed by atoms with Gasteiger partial charge in [0.25, 0.3) is 0 Å². The van der Waals surface area contributed by atoms with Crippen LogP contribution < -0.4 is 10.6 Å².